The average Bonchev–Trinajstić information content (AvgIpc) is 2.34. The maximum absolute atomic E-state index is 12.0. The first-order valence-corrected chi connectivity index (χ1v) is 5.84. The van der Waals surface area contributed by atoms with Crippen LogP contribution >= 0.6 is 0 Å². The van der Waals surface area contributed by atoms with Gasteiger partial charge in [-0.3, -0.25) is 9.59 Å². The largest absolute Gasteiger partial charge is 0.481 e. The molecule has 0 spiro atoms. The highest BCUT2D eigenvalue weighted by atomic mass is 19.4. The van der Waals surface area contributed by atoms with Crippen LogP contribution in [0.2, 0.25) is 0 Å². The van der Waals surface area contributed by atoms with Gasteiger partial charge in [-0.05, 0) is 24.5 Å². The van der Waals surface area contributed by atoms with Crippen LogP contribution in [-0.4, -0.2) is 29.7 Å². The zero-order chi connectivity index (χ0) is 15.3. The van der Waals surface area contributed by atoms with Crippen LogP contribution in [-0.2, 0) is 16.0 Å². The van der Waals surface area contributed by atoms with Crippen LogP contribution in [0.1, 0.15) is 11.1 Å². The van der Waals surface area contributed by atoms with Crippen molar-refractivity contribution in [3.63, 3.8) is 0 Å². The first-order chi connectivity index (χ1) is 9.21. The van der Waals surface area contributed by atoms with Gasteiger partial charge in [0.1, 0.15) is 0 Å². The van der Waals surface area contributed by atoms with Crippen molar-refractivity contribution < 1.29 is 27.9 Å². The first-order valence-electron chi connectivity index (χ1n) is 5.84. The Labute approximate surface area is 113 Å². The summed E-state index contributed by atoms with van der Waals surface area (Å²) in [7, 11) is 0. The lowest BCUT2D eigenvalue weighted by molar-refractivity contribution is -0.174. The Morgan fingerprint density at radius 2 is 1.90 bits per heavy atom. The number of aliphatic carboxylic acids is 1. The summed E-state index contributed by atoms with van der Waals surface area (Å²) in [5, 5.41) is 10.6. The summed E-state index contributed by atoms with van der Waals surface area (Å²) in [5.41, 5.74) is 1.57. The molecule has 1 rings (SSSR count). The Morgan fingerprint density at radius 3 is 2.40 bits per heavy atom. The molecular weight excluding hydrogens is 275 g/mol. The van der Waals surface area contributed by atoms with Gasteiger partial charge >= 0.3 is 18.1 Å². The lowest BCUT2D eigenvalue weighted by Crippen LogP contribution is -2.41. The number of carbonyl (C=O) groups excluding carboxylic acids is 1. The van der Waals surface area contributed by atoms with Crippen molar-refractivity contribution in [2.75, 3.05) is 6.54 Å². The Balaban J connectivity index is 2.70. The molecule has 1 aromatic carbocycles. The molecule has 1 amide bonds. The van der Waals surface area contributed by atoms with E-state index < -0.39 is 30.5 Å². The van der Waals surface area contributed by atoms with Crippen LogP contribution < -0.4 is 5.32 Å². The second-order valence-electron chi connectivity index (χ2n) is 4.37. The number of halogens is 3. The van der Waals surface area contributed by atoms with Gasteiger partial charge in [-0.15, -0.1) is 0 Å². The molecule has 1 aromatic rings. The van der Waals surface area contributed by atoms with E-state index in [1.807, 2.05) is 0 Å². The number of nitrogens with one attached hydrogen (secondary N) is 1. The molecule has 1 unspecified atom stereocenters. The zero-order valence-corrected chi connectivity index (χ0v) is 10.7. The number of carboxylic acids is 1. The van der Waals surface area contributed by atoms with Gasteiger partial charge in [0.05, 0.1) is 5.92 Å². The summed E-state index contributed by atoms with van der Waals surface area (Å²) in [5.74, 6) is -4.49. The van der Waals surface area contributed by atoms with Gasteiger partial charge < -0.3 is 10.4 Å². The van der Waals surface area contributed by atoms with Crippen molar-refractivity contribution in [1.82, 2.24) is 5.32 Å². The molecule has 110 valence electrons. The van der Waals surface area contributed by atoms with E-state index in [2.05, 4.69) is 0 Å². The second kappa shape index (κ2) is 6.40. The Morgan fingerprint density at radius 1 is 1.30 bits per heavy atom. The first kappa shape index (κ1) is 16.0. The topological polar surface area (TPSA) is 66.4 Å². The standard InChI is InChI=1S/C13H14F3NO3/c1-8-4-2-3-5-9(8)6-10(11(18)19)7-17-12(20)13(14,15)16/h2-5,10H,6-7H2,1H3,(H,17,20)(H,18,19). The molecule has 0 heterocycles. The minimum absolute atomic E-state index is 0.0557. The number of amides is 1. The number of alkyl halides is 3. The van der Waals surface area contributed by atoms with Crippen molar-refractivity contribution in [1.29, 1.82) is 0 Å². The van der Waals surface area contributed by atoms with Crippen molar-refractivity contribution in [3.05, 3.63) is 35.4 Å². The molecule has 0 aromatic heterocycles. The quantitative estimate of drug-likeness (QED) is 0.870. The monoisotopic (exact) mass is 289 g/mol. The van der Waals surface area contributed by atoms with Crippen LogP contribution in [0.4, 0.5) is 13.2 Å². The van der Waals surface area contributed by atoms with Gasteiger partial charge in [-0.1, -0.05) is 24.3 Å². The van der Waals surface area contributed by atoms with Gasteiger partial charge in [-0.25, -0.2) is 0 Å². The Kier molecular flexibility index (Phi) is 5.12. The van der Waals surface area contributed by atoms with Crippen LogP contribution in [0.5, 0.6) is 0 Å². The fourth-order valence-corrected chi connectivity index (χ4v) is 1.67. The van der Waals surface area contributed by atoms with E-state index in [-0.39, 0.29) is 6.42 Å². The predicted octanol–water partition coefficient (Wildman–Crippen LogP) is 1.92. The number of hydrogen-bond donors (Lipinski definition) is 2. The highest BCUT2D eigenvalue weighted by Crippen LogP contribution is 2.16. The maximum atomic E-state index is 12.0. The molecule has 4 nitrogen and oxygen atoms in total. The van der Waals surface area contributed by atoms with Crippen molar-refractivity contribution in [3.8, 4) is 0 Å². The molecule has 7 heteroatoms. The van der Waals surface area contributed by atoms with Gasteiger partial charge in [0.15, 0.2) is 0 Å². The van der Waals surface area contributed by atoms with E-state index in [1.54, 1.807) is 36.5 Å². The van der Waals surface area contributed by atoms with Gasteiger partial charge in [-0.2, -0.15) is 13.2 Å². The van der Waals surface area contributed by atoms with E-state index in [0.29, 0.717) is 0 Å². The van der Waals surface area contributed by atoms with E-state index in [4.69, 9.17) is 5.11 Å². The maximum Gasteiger partial charge on any atom is 0.471 e. The smallest absolute Gasteiger partial charge is 0.471 e. The predicted molar refractivity (Wildman–Crippen MR) is 65.1 cm³/mol. The van der Waals surface area contributed by atoms with Crippen LogP contribution in [0.25, 0.3) is 0 Å². The van der Waals surface area contributed by atoms with Gasteiger partial charge in [0.25, 0.3) is 0 Å². The molecule has 0 radical (unpaired) electrons. The number of benzene rings is 1. The SMILES string of the molecule is Cc1ccccc1CC(CNC(=O)C(F)(F)F)C(=O)O. The van der Waals surface area contributed by atoms with E-state index in [0.717, 1.165) is 11.1 Å². The van der Waals surface area contributed by atoms with E-state index in [9.17, 15) is 22.8 Å². The molecule has 1 atom stereocenters. The number of carbonyl (C=O) groups is 2. The summed E-state index contributed by atoms with van der Waals surface area (Å²) < 4.78 is 36.1. The molecule has 2 N–H and O–H groups in total. The molecule has 0 fully saturated rings. The molecule has 0 aliphatic heterocycles. The van der Waals surface area contributed by atoms with Gasteiger partial charge in [0, 0.05) is 6.54 Å². The lowest BCUT2D eigenvalue weighted by Gasteiger charge is -2.15. The highest BCUT2D eigenvalue weighted by molar-refractivity contribution is 5.82. The molecule has 0 aliphatic rings. The summed E-state index contributed by atoms with van der Waals surface area (Å²) in [6.07, 6.45) is -4.95. The van der Waals surface area contributed by atoms with Crippen LogP contribution in [0.15, 0.2) is 24.3 Å². The van der Waals surface area contributed by atoms with E-state index in [1.165, 1.54) is 0 Å². The molecule has 0 saturated carbocycles. The molecule has 0 saturated heterocycles. The third-order valence-electron chi connectivity index (χ3n) is 2.84. The van der Waals surface area contributed by atoms with Crippen molar-refractivity contribution in [2.45, 2.75) is 19.5 Å². The van der Waals surface area contributed by atoms with Crippen molar-refractivity contribution >= 4 is 11.9 Å². The Bertz CT molecular complexity index is 500. The zero-order valence-electron chi connectivity index (χ0n) is 10.7. The third kappa shape index (κ3) is 4.56. The summed E-state index contributed by atoms with van der Waals surface area (Å²) >= 11 is 0. The van der Waals surface area contributed by atoms with Crippen molar-refractivity contribution in [2.24, 2.45) is 5.92 Å². The van der Waals surface area contributed by atoms with E-state index >= 15 is 0 Å². The molecular formula is C13H14F3NO3. The minimum atomic E-state index is -5.01. The summed E-state index contributed by atoms with van der Waals surface area (Å²) in [6, 6.07) is 6.98. The summed E-state index contributed by atoms with van der Waals surface area (Å²) in [6.45, 7) is 1.21. The fraction of sp³-hybridized carbons (Fsp3) is 0.385. The molecule has 20 heavy (non-hydrogen) atoms. The van der Waals surface area contributed by atoms with Crippen LogP contribution in [0.3, 0.4) is 0 Å². The number of hydrogen-bond acceptors (Lipinski definition) is 2. The molecule has 0 bridgehead atoms. The van der Waals surface area contributed by atoms with Gasteiger partial charge in [0.2, 0.25) is 0 Å². The average molecular weight is 289 g/mol. The summed E-state index contributed by atoms with van der Waals surface area (Å²) in [4.78, 5) is 21.7. The van der Waals surface area contributed by atoms with Crippen LogP contribution in [0, 0.1) is 12.8 Å². The normalized spacial score (nSPS) is 12.8. The Hall–Kier alpha value is -2.05. The minimum Gasteiger partial charge on any atom is -0.481 e. The number of carboxylic acid groups (broad SMARTS) is 1. The number of rotatable bonds is 5. The second-order valence-corrected chi connectivity index (χ2v) is 4.37. The molecule has 0 aliphatic carbocycles. The number of aryl methyl sites for hydroxylation is 1. The highest BCUT2D eigenvalue weighted by Gasteiger charge is 2.39. The third-order valence-corrected chi connectivity index (χ3v) is 2.84. The fourth-order valence-electron chi connectivity index (χ4n) is 1.67. The lowest BCUT2D eigenvalue weighted by atomic mass is 9.96.